The van der Waals surface area contributed by atoms with Crippen molar-refractivity contribution < 1.29 is 64.8 Å². The van der Waals surface area contributed by atoms with E-state index in [1.807, 2.05) is 56.7 Å². The minimum Gasteiger partial charge on any atom is -0.391 e. The topological polar surface area (TPSA) is 280 Å². The Bertz CT molecular complexity index is 3380. The van der Waals surface area contributed by atoms with Gasteiger partial charge in [-0.15, -0.1) is 22.7 Å². The number of benzene rings is 3. The number of hydrogen-bond donors (Lipinski definition) is 5. The summed E-state index contributed by atoms with van der Waals surface area (Å²) in [6, 6.07) is 14.0. The number of amides is 4. The number of nitrogens with zero attached hydrogens (tertiary/aromatic N) is 6. The van der Waals surface area contributed by atoms with E-state index < -0.39 is 73.5 Å². The molecular weight excluding hydrogens is 1170 g/mol. The van der Waals surface area contributed by atoms with E-state index in [2.05, 4.69) is 25.6 Å². The summed E-state index contributed by atoms with van der Waals surface area (Å²) < 4.78 is 95.9. The summed E-state index contributed by atoms with van der Waals surface area (Å²) in [5, 5.41) is 17.0. The van der Waals surface area contributed by atoms with Crippen LogP contribution in [0.4, 0.5) is 24.8 Å². The number of sulfonamides is 1. The van der Waals surface area contributed by atoms with E-state index in [-0.39, 0.29) is 120 Å². The molecule has 456 valence electrons. The predicted molar refractivity (Wildman–Crippen MR) is 313 cm³/mol. The maximum atomic E-state index is 16.3. The van der Waals surface area contributed by atoms with Crippen LogP contribution in [-0.4, -0.2) is 158 Å². The first-order valence-corrected chi connectivity index (χ1v) is 30.9. The molecule has 0 unspecified atom stereocenters. The number of piperidine rings is 1. The zero-order chi connectivity index (χ0) is 60.8. The van der Waals surface area contributed by atoms with Crippen molar-refractivity contribution >= 4 is 68.0 Å². The number of halogens is 3. The number of carbonyl (C=O) groups excluding carboxylic acids is 4. The highest BCUT2D eigenvalue weighted by Gasteiger charge is 2.44. The van der Waals surface area contributed by atoms with Crippen LogP contribution in [0.5, 0.6) is 0 Å². The van der Waals surface area contributed by atoms with Crippen molar-refractivity contribution in [1.82, 2.24) is 40.4 Å². The highest BCUT2D eigenvalue weighted by atomic mass is 32.2. The Morgan fingerprint density at radius 3 is 2.08 bits per heavy atom. The fourth-order valence-corrected chi connectivity index (χ4v) is 13.0. The number of thiazole rings is 2. The molecule has 6 N–H and O–H groups in total. The number of anilines is 2. The van der Waals surface area contributed by atoms with Gasteiger partial charge < -0.3 is 50.2 Å². The van der Waals surface area contributed by atoms with Gasteiger partial charge in [-0.1, -0.05) is 57.2 Å². The lowest BCUT2D eigenvalue weighted by molar-refractivity contribution is -0.144. The van der Waals surface area contributed by atoms with Crippen molar-refractivity contribution in [2.45, 2.75) is 95.3 Å². The van der Waals surface area contributed by atoms with Gasteiger partial charge >= 0.3 is 0 Å². The van der Waals surface area contributed by atoms with Crippen LogP contribution < -0.4 is 21.1 Å². The van der Waals surface area contributed by atoms with Crippen LogP contribution in [0.15, 0.2) is 83.3 Å². The third kappa shape index (κ3) is 16.9. The molecule has 2 aliphatic rings. The summed E-state index contributed by atoms with van der Waals surface area (Å²) in [4.78, 5) is 74.5. The number of nitrogens with one attached hydrogen (secondary N) is 3. The zero-order valence-electron chi connectivity index (χ0n) is 47.5. The lowest BCUT2D eigenvalue weighted by atomic mass is 9.85. The second kappa shape index (κ2) is 29.4. The van der Waals surface area contributed by atoms with E-state index in [1.54, 1.807) is 27.8 Å². The van der Waals surface area contributed by atoms with Gasteiger partial charge in [0.25, 0.3) is 10.0 Å². The van der Waals surface area contributed by atoms with E-state index in [4.69, 9.17) is 29.7 Å². The largest absolute Gasteiger partial charge is 0.391 e. The maximum Gasteiger partial charge on any atom is 0.267 e. The monoisotopic (exact) mass is 1230 g/mol. The van der Waals surface area contributed by atoms with Crippen molar-refractivity contribution in [3.05, 3.63) is 112 Å². The maximum absolute atomic E-state index is 16.3. The minimum atomic E-state index is -4.90. The van der Waals surface area contributed by atoms with Crippen LogP contribution in [0.2, 0.25) is 0 Å². The lowest BCUT2D eigenvalue weighted by Crippen LogP contribution is -2.57. The Balaban J connectivity index is 0.690. The van der Waals surface area contributed by atoms with Gasteiger partial charge in [0.2, 0.25) is 29.6 Å². The first kappa shape index (κ1) is 64.0. The molecule has 3 aromatic carbocycles. The zero-order valence-corrected chi connectivity index (χ0v) is 49.9. The molecular formula is C58H69F3N10O11S3. The van der Waals surface area contributed by atoms with Crippen LogP contribution in [-0.2, 0) is 54.7 Å². The van der Waals surface area contributed by atoms with Crippen molar-refractivity contribution in [2.75, 3.05) is 82.9 Å². The van der Waals surface area contributed by atoms with Gasteiger partial charge in [0.1, 0.15) is 23.7 Å². The second-order valence-electron chi connectivity index (χ2n) is 21.4. The second-order valence-corrected chi connectivity index (χ2v) is 24.9. The first-order chi connectivity index (χ1) is 40.7. The SMILES string of the molecule is Cc1ncsc1-c1ccc(CNC(=O)[C@@H]2C[C@@H](O)CN2C(=O)[C@H](NC(=O)CCOCCOCCOCCOCCC(=O)N2CCC(c3nc(-c4cccc(NS(=O)(=O)c5c(F)cccc5F)c4F)c(-c4ccnc(N)n4)s3)CC2)C(C)(C)C)cc1. The molecule has 27 heteroatoms. The molecule has 0 spiro atoms. The van der Waals surface area contributed by atoms with Gasteiger partial charge in [0, 0.05) is 56.7 Å². The van der Waals surface area contributed by atoms with Gasteiger partial charge in [-0.05, 0) is 66.6 Å². The molecule has 2 fully saturated rings. The fourth-order valence-electron chi connectivity index (χ4n) is 9.73. The van der Waals surface area contributed by atoms with E-state index in [0.29, 0.717) is 41.5 Å². The number of aliphatic hydroxyl groups is 1. The molecule has 85 heavy (non-hydrogen) atoms. The summed E-state index contributed by atoms with van der Waals surface area (Å²) in [5.41, 5.74) is 9.68. The molecule has 0 bridgehead atoms. The molecule has 3 atom stereocenters. The number of rotatable bonds is 27. The van der Waals surface area contributed by atoms with Crippen LogP contribution in [0.1, 0.15) is 75.1 Å². The van der Waals surface area contributed by atoms with Crippen LogP contribution in [0.25, 0.3) is 32.3 Å². The molecule has 21 nitrogen and oxygen atoms in total. The molecule has 2 aliphatic heterocycles. The van der Waals surface area contributed by atoms with Crippen LogP contribution in [0.3, 0.4) is 0 Å². The summed E-state index contributed by atoms with van der Waals surface area (Å²) in [6.07, 6.45) is 1.86. The molecule has 8 rings (SSSR count). The number of nitrogens with two attached hydrogens (primary N) is 1. The number of aryl methyl sites for hydroxylation is 1. The number of nitrogen functional groups attached to an aromatic ring is 1. The standard InChI is InChI=1S/C58H69F3N10O11S3/c1-35-50(83-34-65-35)37-13-11-36(12-14-37)32-64-54(75)45-31-39(72)33-71(45)56(76)53(58(2,3)4)67-46(73)18-23-79-25-27-81-29-30-82-28-26-80-24-19-47(74)70-21-16-38(17-22-70)55-68-49(51(84-55)44-15-20-63-57(62)66-44)40-7-5-10-43(48(40)61)69-85(77,78)52-41(59)8-6-9-42(52)60/h5-15,20,34,38-39,45,53,69,72H,16-19,21-33H2,1-4H3,(H,64,75)(H,67,73)(H2,62,63,66)/t39-,45+,53+/m1/s1. The summed E-state index contributed by atoms with van der Waals surface area (Å²) in [5.74, 6) is -5.21. The Kier molecular flexibility index (Phi) is 22.2. The molecule has 6 aromatic rings. The number of carbonyl (C=O) groups is 4. The summed E-state index contributed by atoms with van der Waals surface area (Å²) >= 11 is 2.81. The van der Waals surface area contributed by atoms with Crippen molar-refractivity contribution in [3.8, 4) is 32.3 Å². The Morgan fingerprint density at radius 2 is 1.46 bits per heavy atom. The Morgan fingerprint density at radius 1 is 0.824 bits per heavy atom. The molecule has 0 saturated carbocycles. The fraction of sp³-hybridized carbons (Fsp3) is 0.448. The molecule has 3 aromatic heterocycles. The van der Waals surface area contributed by atoms with Crippen molar-refractivity contribution in [2.24, 2.45) is 5.41 Å². The number of hydrogen-bond acceptors (Lipinski definition) is 18. The van der Waals surface area contributed by atoms with Crippen molar-refractivity contribution in [3.63, 3.8) is 0 Å². The van der Waals surface area contributed by atoms with E-state index >= 15 is 4.39 Å². The van der Waals surface area contributed by atoms with Crippen LogP contribution >= 0.6 is 22.7 Å². The first-order valence-electron chi connectivity index (χ1n) is 27.7. The van der Waals surface area contributed by atoms with E-state index in [1.165, 1.54) is 34.6 Å². The summed E-state index contributed by atoms with van der Waals surface area (Å²) in [7, 11) is -4.90. The number of ether oxygens (including phenoxy) is 4. The predicted octanol–water partition coefficient (Wildman–Crippen LogP) is 6.86. The normalized spacial score (nSPS) is 16.1. The number of likely N-dealkylation sites (tertiary alicyclic amines) is 2. The van der Waals surface area contributed by atoms with Gasteiger partial charge in [0.15, 0.2) is 10.7 Å². The third-order valence-electron chi connectivity index (χ3n) is 14.2. The smallest absolute Gasteiger partial charge is 0.267 e. The number of aliphatic hydroxyl groups excluding tert-OH is 1. The van der Waals surface area contributed by atoms with Crippen molar-refractivity contribution in [1.29, 1.82) is 0 Å². The van der Waals surface area contributed by atoms with Gasteiger partial charge in [0.05, 0.1) is 108 Å². The highest BCUT2D eigenvalue weighted by Crippen LogP contribution is 2.43. The third-order valence-corrected chi connectivity index (χ3v) is 17.8. The van der Waals surface area contributed by atoms with Crippen LogP contribution in [0, 0.1) is 29.8 Å². The average Bonchev–Trinajstić information content (AvgIpc) is 3.68. The molecule has 0 radical (unpaired) electrons. The average molecular weight is 1240 g/mol. The minimum absolute atomic E-state index is 0.0185. The van der Waals surface area contributed by atoms with E-state index in [9.17, 15) is 41.5 Å². The van der Waals surface area contributed by atoms with Gasteiger partial charge in [-0.2, -0.15) is 0 Å². The quantitative estimate of drug-likeness (QED) is 0.0329. The van der Waals surface area contributed by atoms with Gasteiger partial charge in [-0.3, -0.25) is 23.9 Å². The molecule has 0 aliphatic carbocycles. The van der Waals surface area contributed by atoms with E-state index in [0.717, 1.165) is 46.0 Å². The Hall–Kier alpha value is -6.98. The molecule has 2 saturated heterocycles. The lowest BCUT2D eigenvalue weighted by Gasteiger charge is -2.35. The van der Waals surface area contributed by atoms with Gasteiger partial charge in [-0.25, -0.2) is 41.5 Å². The highest BCUT2D eigenvalue weighted by molar-refractivity contribution is 7.92. The number of β-amino-alcohol motifs (C(OH)–C–C–N with tert-alkyl or cyclic N) is 1. The molecule has 4 amide bonds. The summed E-state index contributed by atoms with van der Waals surface area (Å²) in [6.45, 7) is 10.3. The Labute approximate surface area is 498 Å². The molecule has 5 heterocycles. The number of aromatic nitrogens is 4.